The highest BCUT2D eigenvalue weighted by Gasteiger charge is 2.11. The van der Waals surface area contributed by atoms with Crippen molar-refractivity contribution in [3.05, 3.63) is 35.1 Å². The summed E-state index contributed by atoms with van der Waals surface area (Å²) in [6, 6.07) is 6.41. The maximum Gasteiger partial charge on any atom is 0.134 e. The lowest BCUT2D eigenvalue weighted by molar-refractivity contribution is 0.521. The SMILES string of the molecule is Cc1ccc2oc(CC(C)N)c(C)c2c1. The largest absolute Gasteiger partial charge is 0.461 e. The Labute approximate surface area is 90.1 Å². The lowest BCUT2D eigenvalue weighted by atomic mass is 10.1. The Hall–Kier alpha value is -1.28. The van der Waals surface area contributed by atoms with Gasteiger partial charge >= 0.3 is 0 Å². The van der Waals surface area contributed by atoms with Gasteiger partial charge in [0, 0.05) is 17.8 Å². The van der Waals surface area contributed by atoms with Gasteiger partial charge in [-0.05, 0) is 38.5 Å². The van der Waals surface area contributed by atoms with Crippen molar-refractivity contribution in [3.8, 4) is 0 Å². The van der Waals surface area contributed by atoms with E-state index in [4.69, 9.17) is 10.2 Å². The van der Waals surface area contributed by atoms with Crippen molar-refractivity contribution in [2.24, 2.45) is 5.73 Å². The molecule has 0 aliphatic rings. The van der Waals surface area contributed by atoms with Gasteiger partial charge in [-0.15, -0.1) is 0 Å². The van der Waals surface area contributed by atoms with E-state index in [0.717, 1.165) is 17.8 Å². The Morgan fingerprint density at radius 3 is 2.73 bits per heavy atom. The summed E-state index contributed by atoms with van der Waals surface area (Å²) in [5.41, 5.74) is 9.24. The van der Waals surface area contributed by atoms with Crippen molar-refractivity contribution in [2.45, 2.75) is 33.2 Å². The summed E-state index contributed by atoms with van der Waals surface area (Å²) < 4.78 is 5.78. The van der Waals surface area contributed by atoms with Crippen LogP contribution in [0.5, 0.6) is 0 Å². The van der Waals surface area contributed by atoms with Crippen LogP contribution in [0.15, 0.2) is 22.6 Å². The summed E-state index contributed by atoms with van der Waals surface area (Å²) in [7, 11) is 0. The first-order valence-corrected chi connectivity index (χ1v) is 5.32. The molecular formula is C13H17NO. The maximum absolute atomic E-state index is 5.79. The lowest BCUT2D eigenvalue weighted by Gasteiger charge is -2.01. The number of aryl methyl sites for hydroxylation is 2. The first-order chi connectivity index (χ1) is 7.08. The van der Waals surface area contributed by atoms with E-state index in [2.05, 4.69) is 26.0 Å². The Morgan fingerprint density at radius 1 is 1.33 bits per heavy atom. The van der Waals surface area contributed by atoms with Gasteiger partial charge in [0.1, 0.15) is 11.3 Å². The summed E-state index contributed by atoms with van der Waals surface area (Å²) in [5.74, 6) is 1.02. The predicted octanol–water partition coefficient (Wildman–Crippen LogP) is 2.94. The molecule has 0 amide bonds. The maximum atomic E-state index is 5.79. The topological polar surface area (TPSA) is 39.2 Å². The van der Waals surface area contributed by atoms with Gasteiger partial charge in [-0.25, -0.2) is 0 Å². The summed E-state index contributed by atoms with van der Waals surface area (Å²) in [6.07, 6.45) is 0.805. The smallest absolute Gasteiger partial charge is 0.134 e. The molecule has 1 aromatic heterocycles. The number of hydrogen-bond acceptors (Lipinski definition) is 2. The van der Waals surface area contributed by atoms with Gasteiger partial charge in [0.25, 0.3) is 0 Å². The fourth-order valence-corrected chi connectivity index (χ4v) is 1.87. The lowest BCUT2D eigenvalue weighted by Crippen LogP contribution is -2.17. The molecule has 0 fully saturated rings. The minimum Gasteiger partial charge on any atom is -0.461 e. The highest BCUT2D eigenvalue weighted by molar-refractivity contribution is 5.82. The van der Waals surface area contributed by atoms with E-state index < -0.39 is 0 Å². The molecule has 2 aromatic rings. The molecule has 15 heavy (non-hydrogen) atoms. The predicted molar refractivity (Wildman–Crippen MR) is 63.0 cm³/mol. The van der Waals surface area contributed by atoms with E-state index in [1.165, 1.54) is 16.5 Å². The number of rotatable bonds is 2. The second kappa shape index (κ2) is 3.70. The quantitative estimate of drug-likeness (QED) is 0.815. The third-order valence-electron chi connectivity index (χ3n) is 2.70. The molecule has 2 rings (SSSR count). The van der Waals surface area contributed by atoms with Gasteiger partial charge in [-0.3, -0.25) is 0 Å². The average Bonchev–Trinajstić information content (AvgIpc) is 2.44. The van der Waals surface area contributed by atoms with E-state index in [1.54, 1.807) is 0 Å². The molecule has 2 N–H and O–H groups in total. The van der Waals surface area contributed by atoms with Crippen LogP contribution in [0, 0.1) is 13.8 Å². The number of nitrogens with two attached hydrogens (primary N) is 1. The monoisotopic (exact) mass is 203 g/mol. The first kappa shape index (κ1) is 10.2. The van der Waals surface area contributed by atoms with Crippen LogP contribution in [-0.2, 0) is 6.42 Å². The van der Waals surface area contributed by atoms with Crippen LogP contribution in [0.2, 0.25) is 0 Å². The Balaban J connectivity index is 2.54. The van der Waals surface area contributed by atoms with Crippen molar-refractivity contribution in [1.29, 1.82) is 0 Å². The van der Waals surface area contributed by atoms with Crippen molar-refractivity contribution < 1.29 is 4.42 Å². The van der Waals surface area contributed by atoms with Crippen LogP contribution in [-0.4, -0.2) is 6.04 Å². The molecule has 0 aliphatic heterocycles. The van der Waals surface area contributed by atoms with Crippen LogP contribution in [0.1, 0.15) is 23.8 Å². The van der Waals surface area contributed by atoms with Crippen molar-refractivity contribution in [1.82, 2.24) is 0 Å². The molecule has 0 radical (unpaired) electrons. The first-order valence-electron chi connectivity index (χ1n) is 5.32. The molecular weight excluding hydrogens is 186 g/mol. The fraction of sp³-hybridized carbons (Fsp3) is 0.385. The van der Waals surface area contributed by atoms with E-state index >= 15 is 0 Å². The second-order valence-corrected chi connectivity index (χ2v) is 4.33. The number of benzene rings is 1. The van der Waals surface area contributed by atoms with Crippen LogP contribution in [0.25, 0.3) is 11.0 Å². The zero-order valence-corrected chi connectivity index (χ0v) is 9.50. The third-order valence-corrected chi connectivity index (χ3v) is 2.70. The van der Waals surface area contributed by atoms with Crippen LogP contribution < -0.4 is 5.73 Å². The molecule has 2 heteroatoms. The summed E-state index contributed by atoms with van der Waals surface area (Å²) >= 11 is 0. The summed E-state index contributed by atoms with van der Waals surface area (Å²) in [5, 5.41) is 1.21. The Kier molecular flexibility index (Phi) is 2.53. The minimum absolute atomic E-state index is 0.144. The van der Waals surface area contributed by atoms with Gasteiger partial charge in [0.15, 0.2) is 0 Å². The molecule has 1 aromatic carbocycles. The fourth-order valence-electron chi connectivity index (χ4n) is 1.87. The standard InChI is InChI=1S/C13H17NO/c1-8-4-5-12-11(6-8)10(3)13(15-12)7-9(2)14/h4-6,9H,7,14H2,1-3H3. The summed E-state index contributed by atoms with van der Waals surface area (Å²) in [6.45, 7) is 6.19. The molecule has 80 valence electrons. The molecule has 0 bridgehead atoms. The molecule has 0 saturated heterocycles. The molecule has 1 heterocycles. The number of furan rings is 1. The van der Waals surface area contributed by atoms with Gasteiger partial charge < -0.3 is 10.2 Å². The van der Waals surface area contributed by atoms with Gasteiger partial charge in [-0.1, -0.05) is 11.6 Å². The number of hydrogen-bond donors (Lipinski definition) is 1. The van der Waals surface area contributed by atoms with E-state index in [1.807, 2.05) is 13.0 Å². The van der Waals surface area contributed by atoms with Crippen LogP contribution >= 0.6 is 0 Å². The van der Waals surface area contributed by atoms with Crippen LogP contribution in [0.4, 0.5) is 0 Å². The highest BCUT2D eigenvalue weighted by Crippen LogP contribution is 2.26. The molecule has 0 saturated carbocycles. The van der Waals surface area contributed by atoms with E-state index in [-0.39, 0.29) is 6.04 Å². The molecule has 0 spiro atoms. The highest BCUT2D eigenvalue weighted by atomic mass is 16.3. The van der Waals surface area contributed by atoms with Crippen molar-refractivity contribution >= 4 is 11.0 Å². The zero-order valence-electron chi connectivity index (χ0n) is 9.50. The summed E-state index contributed by atoms with van der Waals surface area (Å²) in [4.78, 5) is 0. The number of fused-ring (bicyclic) bond motifs is 1. The van der Waals surface area contributed by atoms with E-state index in [0.29, 0.717) is 0 Å². The minimum atomic E-state index is 0.144. The van der Waals surface area contributed by atoms with Crippen LogP contribution in [0.3, 0.4) is 0 Å². The Morgan fingerprint density at radius 2 is 2.07 bits per heavy atom. The average molecular weight is 203 g/mol. The van der Waals surface area contributed by atoms with Gasteiger partial charge in [0.05, 0.1) is 0 Å². The third kappa shape index (κ3) is 1.90. The molecule has 0 aliphatic carbocycles. The van der Waals surface area contributed by atoms with Crippen molar-refractivity contribution in [2.75, 3.05) is 0 Å². The van der Waals surface area contributed by atoms with Gasteiger partial charge in [-0.2, -0.15) is 0 Å². The van der Waals surface area contributed by atoms with Gasteiger partial charge in [0.2, 0.25) is 0 Å². The normalized spacial score (nSPS) is 13.3. The molecule has 1 unspecified atom stereocenters. The molecule has 2 nitrogen and oxygen atoms in total. The zero-order chi connectivity index (χ0) is 11.0. The van der Waals surface area contributed by atoms with E-state index in [9.17, 15) is 0 Å². The molecule has 1 atom stereocenters. The Bertz CT molecular complexity index is 482. The second-order valence-electron chi connectivity index (χ2n) is 4.33. The van der Waals surface area contributed by atoms with Crippen molar-refractivity contribution in [3.63, 3.8) is 0 Å².